The molecule has 1 aromatic carbocycles. The first-order chi connectivity index (χ1) is 10.6. The Bertz CT molecular complexity index is 604. The smallest absolute Gasteiger partial charge is 0.216 e. The SMILES string of the molecule is CCC[C@@H](C)c1c(-c2ccccc2)ncn1CCNC(C)=O. The highest BCUT2D eigenvalue weighted by atomic mass is 16.1. The lowest BCUT2D eigenvalue weighted by atomic mass is 9.97. The molecule has 0 saturated carbocycles. The van der Waals surface area contributed by atoms with Crippen LogP contribution in [0.1, 0.15) is 45.2 Å². The van der Waals surface area contributed by atoms with Crippen LogP contribution in [-0.2, 0) is 11.3 Å². The lowest BCUT2D eigenvalue weighted by molar-refractivity contribution is -0.118. The molecule has 0 aliphatic rings. The summed E-state index contributed by atoms with van der Waals surface area (Å²) in [4.78, 5) is 15.7. The Balaban J connectivity index is 2.29. The van der Waals surface area contributed by atoms with E-state index in [0.717, 1.165) is 30.6 Å². The largest absolute Gasteiger partial charge is 0.355 e. The van der Waals surface area contributed by atoms with E-state index >= 15 is 0 Å². The van der Waals surface area contributed by atoms with Gasteiger partial charge in [0.2, 0.25) is 5.91 Å². The summed E-state index contributed by atoms with van der Waals surface area (Å²) in [5.41, 5.74) is 3.47. The normalized spacial score (nSPS) is 12.1. The number of carbonyl (C=O) groups excluding carboxylic acids is 1. The minimum absolute atomic E-state index is 0.00607. The molecule has 0 radical (unpaired) electrons. The van der Waals surface area contributed by atoms with Crippen LogP contribution in [0.4, 0.5) is 0 Å². The molecule has 0 bridgehead atoms. The van der Waals surface area contributed by atoms with Crippen molar-refractivity contribution in [3.05, 3.63) is 42.4 Å². The van der Waals surface area contributed by atoms with Gasteiger partial charge in [-0.05, 0) is 12.3 Å². The van der Waals surface area contributed by atoms with Crippen molar-refractivity contribution < 1.29 is 4.79 Å². The molecule has 2 aromatic rings. The zero-order valence-electron chi connectivity index (χ0n) is 13.7. The van der Waals surface area contributed by atoms with Gasteiger partial charge in [-0.25, -0.2) is 4.98 Å². The number of imidazole rings is 1. The number of benzene rings is 1. The first-order valence-corrected chi connectivity index (χ1v) is 7.98. The Labute approximate surface area is 132 Å². The predicted molar refractivity (Wildman–Crippen MR) is 89.7 cm³/mol. The van der Waals surface area contributed by atoms with E-state index in [2.05, 4.69) is 40.8 Å². The van der Waals surface area contributed by atoms with Crippen molar-refractivity contribution in [2.75, 3.05) is 6.54 Å². The number of rotatable bonds is 7. The summed E-state index contributed by atoms with van der Waals surface area (Å²) in [6.45, 7) is 7.39. The van der Waals surface area contributed by atoms with Crippen LogP contribution in [0.25, 0.3) is 11.3 Å². The summed E-state index contributed by atoms with van der Waals surface area (Å²) < 4.78 is 2.18. The number of aromatic nitrogens is 2. The molecule has 0 spiro atoms. The number of nitrogens with one attached hydrogen (secondary N) is 1. The quantitative estimate of drug-likeness (QED) is 0.849. The van der Waals surface area contributed by atoms with Crippen molar-refractivity contribution in [1.82, 2.24) is 14.9 Å². The summed E-state index contributed by atoms with van der Waals surface area (Å²) in [5.74, 6) is 0.451. The third-order valence-corrected chi connectivity index (χ3v) is 3.84. The van der Waals surface area contributed by atoms with E-state index in [4.69, 9.17) is 0 Å². The topological polar surface area (TPSA) is 46.9 Å². The second-order valence-electron chi connectivity index (χ2n) is 5.71. The summed E-state index contributed by atoms with van der Waals surface area (Å²) in [7, 11) is 0. The van der Waals surface area contributed by atoms with E-state index in [1.165, 1.54) is 5.69 Å². The third kappa shape index (κ3) is 3.97. The summed E-state index contributed by atoms with van der Waals surface area (Å²) >= 11 is 0. The fourth-order valence-electron chi connectivity index (χ4n) is 2.83. The van der Waals surface area contributed by atoms with Crippen LogP contribution in [0.5, 0.6) is 0 Å². The number of hydrogen-bond acceptors (Lipinski definition) is 2. The molecule has 1 N–H and O–H groups in total. The van der Waals surface area contributed by atoms with Gasteiger partial charge < -0.3 is 9.88 Å². The summed E-state index contributed by atoms with van der Waals surface area (Å²) in [6.07, 6.45) is 4.17. The van der Waals surface area contributed by atoms with Crippen LogP contribution >= 0.6 is 0 Å². The van der Waals surface area contributed by atoms with Crippen molar-refractivity contribution in [3.63, 3.8) is 0 Å². The molecule has 0 fully saturated rings. The Kier molecular flexibility index (Phi) is 5.75. The molecule has 2 rings (SSSR count). The van der Waals surface area contributed by atoms with Gasteiger partial charge in [0, 0.05) is 31.3 Å². The van der Waals surface area contributed by atoms with Gasteiger partial charge in [0.1, 0.15) is 0 Å². The average molecular weight is 299 g/mol. The molecule has 4 heteroatoms. The fourth-order valence-corrected chi connectivity index (χ4v) is 2.83. The molecule has 118 valence electrons. The summed E-state index contributed by atoms with van der Waals surface area (Å²) in [5, 5.41) is 2.85. The number of hydrogen-bond donors (Lipinski definition) is 1. The minimum atomic E-state index is 0.00607. The lowest BCUT2D eigenvalue weighted by Gasteiger charge is -2.16. The minimum Gasteiger partial charge on any atom is -0.355 e. The first kappa shape index (κ1) is 16.3. The standard InChI is InChI=1S/C18H25N3O/c1-4-8-14(2)18-17(16-9-6-5-7-10-16)20-13-21(18)12-11-19-15(3)22/h5-7,9-10,13-14H,4,8,11-12H2,1-3H3,(H,19,22)/t14-/m1/s1. The molecular formula is C18H25N3O. The van der Waals surface area contributed by atoms with Crippen molar-refractivity contribution in [2.24, 2.45) is 0 Å². The molecule has 1 aromatic heterocycles. The van der Waals surface area contributed by atoms with E-state index < -0.39 is 0 Å². The number of carbonyl (C=O) groups is 1. The third-order valence-electron chi connectivity index (χ3n) is 3.84. The van der Waals surface area contributed by atoms with Crippen molar-refractivity contribution in [3.8, 4) is 11.3 Å². The number of nitrogens with zero attached hydrogens (tertiary/aromatic N) is 2. The molecule has 0 saturated heterocycles. The maximum absolute atomic E-state index is 11.0. The highest BCUT2D eigenvalue weighted by molar-refractivity contribution is 5.72. The molecule has 0 aliphatic heterocycles. The van der Waals surface area contributed by atoms with E-state index in [1.807, 2.05) is 24.5 Å². The molecular weight excluding hydrogens is 274 g/mol. The average Bonchev–Trinajstić information content (AvgIpc) is 2.92. The van der Waals surface area contributed by atoms with E-state index in [1.54, 1.807) is 6.92 Å². The van der Waals surface area contributed by atoms with Gasteiger partial charge in [-0.1, -0.05) is 50.6 Å². The van der Waals surface area contributed by atoms with Gasteiger partial charge in [0.15, 0.2) is 0 Å². The predicted octanol–water partition coefficient (Wildman–Crippen LogP) is 3.59. The van der Waals surface area contributed by atoms with Crippen LogP contribution < -0.4 is 5.32 Å². The van der Waals surface area contributed by atoms with Gasteiger partial charge in [0.05, 0.1) is 12.0 Å². The lowest BCUT2D eigenvalue weighted by Crippen LogP contribution is -2.25. The summed E-state index contributed by atoms with van der Waals surface area (Å²) in [6, 6.07) is 10.3. The highest BCUT2D eigenvalue weighted by Gasteiger charge is 2.18. The van der Waals surface area contributed by atoms with Crippen molar-refractivity contribution in [2.45, 2.75) is 46.1 Å². The Morgan fingerprint density at radius 1 is 1.32 bits per heavy atom. The molecule has 0 unspecified atom stereocenters. The van der Waals surface area contributed by atoms with Crippen LogP contribution in [0.2, 0.25) is 0 Å². The number of amides is 1. The second-order valence-corrected chi connectivity index (χ2v) is 5.71. The molecule has 1 amide bonds. The molecule has 22 heavy (non-hydrogen) atoms. The highest BCUT2D eigenvalue weighted by Crippen LogP contribution is 2.30. The van der Waals surface area contributed by atoms with Crippen molar-refractivity contribution in [1.29, 1.82) is 0 Å². The Morgan fingerprint density at radius 2 is 2.05 bits per heavy atom. The fraction of sp³-hybridized carbons (Fsp3) is 0.444. The maximum Gasteiger partial charge on any atom is 0.216 e. The van der Waals surface area contributed by atoms with Crippen molar-refractivity contribution >= 4 is 5.91 Å². The van der Waals surface area contributed by atoms with E-state index in [9.17, 15) is 4.79 Å². The monoisotopic (exact) mass is 299 g/mol. The molecule has 0 aliphatic carbocycles. The maximum atomic E-state index is 11.0. The van der Waals surface area contributed by atoms with E-state index in [0.29, 0.717) is 12.5 Å². The molecule has 1 heterocycles. The zero-order chi connectivity index (χ0) is 15.9. The van der Waals surface area contributed by atoms with Gasteiger partial charge in [-0.2, -0.15) is 0 Å². The first-order valence-electron chi connectivity index (χ1n) is 7.98. The molecule has 4 nitrogen and oxygen atoms in total. The van der Waals surface area contributed by atoms with Crippen LogP contribution in [0.15, 0.2) is 36.7 Å². The van der Waals surface area contributed by atoms with E-state index in [-0.39, 0.29) is 5.91 Å². The molecule has 1 atom stereocenters. The Hall–Kier alpha value is -2.10. The van der Waals surface area contributed by atoms with Gasteiger partial charge >= 0.3 is 0 Å². The van der Waals surface area contributed by atoms with Crippen LogP contribution in [0.3, 0.4) is 0 Å². The van der Waals surface area contributed by atoms with Crippen LogP contribution in [-0.4, -0.2) is 22.0 Å². The zero-order valence-corrected chi connectivity index (χ0v) is 13.7. The Morgan fingerprint density at radius 3 is 2.68 bits per heavy atom. The van der Waals surface area contributed by atoms with Gasteiger partial charge in [-0.3, -0.25) is 4.79 Å². The van der Waals surface area contributed by atoms with Gasteiger partial charge in [0.25, 0.3) is 0 Å². The van der Waals surface area contributed by atoms with Crippen LogP contribution in [0, 0.1) is 0 Å². The van der Waals surface area contributed by atoms with Gasteiger partial charge in [-0.15, -0.1) is 0 Å². The second kappa shape index (κ2) is 7.78.